The van der Waals surface area contributed by atoms with Crippen molar-refractivity contribution in [2.24, 2.45) is 4.99 Å². The molecule has 10 heteroatoms. The van der Waals surface area contributed by atoms with Crippen LogP contribution in [-0.4, -0.2) is 53.9 Å². The molecule has 0 radical (unpaired) electrons. The van der Waals surface area contributed by atoms with Crippen LogP contribution in [0.2, 0.25) is 5.02 Å². The van der Waals surface area contributed by atoms with Gasteiger partial charge in [-0.3, -0.25) is 14.6 Å². The lowest BCUT2D eigenvalue weighted by molar-refractivity contribution is -0.127. The topological polar surface area (TPSA) is 85.6 Å². The van der Waals surface area contributed by atoms with Gasteiger partial charge in [0.2, 0.25) is 5.91 Å². The number of carbonyl (C=O) groups is 2. The van der Waals surface area contributed by atoms with Crippen LogP contribution in [0.3, 0.4) is 0 Å². The first kappa shape index (κ1) is 25.4. The summed E-state index contributed by atoms with van der Waals surface area (Å²) in [5, 5.41) is 10.4. The minimum absolute atomic E-state index is 0.0117. The van der Waals surface area contributed by atoms with E-state index in [1.54, 1.807) is 29.2 Å². The molecule has 0 bridgehead atoms. The van der Waals surface area contributed by atoms with Crippen molar-refractivity contribution in [1.29, 1.82) is 5.41 Å². The van der Waals surface area contributed by atoms with Crippen LogP contribution in [0.15, 0.2) is 53.5 Å². The number of hydrogen-bond acceptors (Lipinski definition) is 4. The molecule has 0 spiro atoms. The van der Waals surface area contributed by atoms with E-state index in [4.69, 9.17) is 17.0 Å². The third-order valence-corrected chi connectivity index (χ3v) is 5.66. The fourth-order valence-electron chi connectivity index (χ4n) is 3.49. The molecule has 0 aliphatic carbocycles. The molecular formula is C24H24ClF3N4O2. The maximum atomic E-state index is 13.0. The van der Waals surface area contributed by atoms with E-state index in [1.807, 2.05) is 0 Å². The quantitative estimate of drug-likeness (QED) is 0.373. The zero-order chi connectivity index (χ0) is 24.7. The summed E-state index contributed by atoms with van der Waals surface area (Å²) in [7, 11) is 0. The van der Waals surface area contributed by atoms with Crippen molar-refractivity contribution in [3.63, 3.8) is 0 Å². The molecule has 6 nitrogen and oxygen atoms in total. The van der Waals surface area contributed by atoms with Gasteiger partial charge in [0.05, 0.1) is 16.4 Å². The number of likely N-dealkylation sites (tertiary alicyclic amines) is 1. The Bertz CT molecular complexity index is 1080. The van der Waals surface area contributed by atoms with Crippen LogP contribution in [0.25, 0.3) is 0 Å². The molecule has 2 N–H and O–H groups in total. The first-order valence-corrected chi connectivity index (χ1v) is 11.2. The number of carbonyl (C=O) groups excluding carboxylic acids is 2. The van der Waals surface area contributed by atoms with Crippen LogP contribution in [0.1, 0.15) is 41.6 Å². The van der Waals surface area contributed by atoms with Gasteiger partial charge in [0, 0.05) is 38.0 Å². The van der Waals surface area contributed by atoms with Crippen molar-refractivity contribution >= 4 is 40.5 Å². The predicted molar refractivity (Wildman–Crippen MR) is 125 cm³/mol. The van der Waals surface area contributed by atoms with E-state index in [-0.39, 0.29) is 28.2 Å². The van der Waals surface area contributed by atoms with Gasteiger partial charge in [-0.15, -0.1) is 0 Å². The summed E-state index contributed by atoms with van der Waals surface area (Å²) in [5.41, 5.74) is -0.455. The Morgan fingerprint density at radius 1 is 1.12 bits per heavy atom. The largest absolute Gasteiger partial charge is 0.429 e. The third kappa shape index (κ3) is 6.90. The molecule has 1 aliphatic rings. The van der Waals surface area contributed by atoms with E-state index in [2.05, 4.69) is 10.3 Å². The number of nitrogens with one attached hydrogen (secondary N) is 2. The molecule has 1 saturated heterocycles. The van der Waals surface area contributed by atoms with Crippen LogP contribution in [0.4, 0.5) is 18.9 Å². The molecule has 2 amide bonds. The van der Waals surface area contributed by atoms with Gasteiger partial charge >= 0.3 is 6.18 Å². The Morgan fingerprint density at radius 2 is 1.79 bits per heavy atom. The number of halogens is 4. The Kier molecular flexibility index (Phi) is 8.44. The van der Waals surface area contributed by atoms with Crippen molar-refractivity contribution in [3.8, 4) is 0 Å². The van der Waals surface area contributed by atoms with Crippen LogP contribution >= 0.6 is 11.6 Å². The molecule has 34 heavy (non-hydrogen) atoms. The number of benzene rings is 2. The summed E-state index contributed by atoms with van der Waals surface area (Å²) in [4.78, 5) is 30.1. The zero-order valence-corrected chi connectivity index (χ0v) is 19.0. The lowest BCUT2D eigenvalue weighted by Crippen LogP contribution is -2.30. The van der Waals surface area contributed by atoms with E-state index in [9.17, 15) is 22.8 Å². The summed E-state index contributed by atoms with van der Waals surface area (Å²) in [5.74, 6) is -0.193. The summed E-state index contributed by atoms with van der Waals surface area (Å²) in [6.45, 7) is 1.73. The normalized spacial score (nSPS) is 14.4. The van der Waals surface area contributed by atoms with Crippen LogP contribution < -0.4 is 5.32 Å². The Labute approximate surface area is 200 Å². The highest BCUT2D eigenvalue weighted by molar-refractivity contribution is 6.33. The maximum Gasteiger partial charge on any atom is 0.429 e. The van der Waals surface area contributed by atoms with Gasteiger partial charge in [0.15, 0.2) is 0 Å². The van der Waals surface area contributed by atoms with Gasteiger partial charge in [-0.05, 0) is 42.7 Å². The molecule has 3 rings (SSSR count). The van der Waals surface area contributed by atoms with Gasteiger partial charge in [0.1, 0.15) is 5.71 Å². The predicted octanol–water partition coefficient (Wildman–Crippen LogP) is 5.18. The molecule has 0 unspecified atom stereocenters. The number of aliphatic imine (C=N–C) groups is 1. The summed E-state index contributed by atoms with van der Waals surface area (Å²) in [6.07, 6.45) is -3.45. The Morgan fingerprint density at radius 3 is 2.41 bits per heavy atom. The smallest absolute Gasteiger partial charge is 0.352 e. The summed E-state index contributed by atoms with van der Waals surface area (Å²) in [6, 6.07) is 12.5. The maximum absolute atomic E-state index is 13.0. The van der Waals surface area contributed by atoms with Gasteiger partial charge in [-0.1, -0.05) is 35.9 Å². The number of nitrogens with zero attached hydrogens (tertiary/aromatic N) is 2. The summed E-state index contributed by atoms with van der Waals surface area (Å²) >= 11 is 6.10. The first-order valence-electron chi connectivity index (χ1n) is 10.8. The van der Waals surface area contributed by atoms with E-state index in [0.29, 0.717) is 37.1 Å². The lowest BCUT2D eigenvalue weighted by atomic mass is 10.0. The molecule has 2 aromatic rings. The zero-order valence-electron chi connectivity index (χ0n) is 18.3. The SMILES string of the molecule is N=C(CC(=Nc1ccccc1Cl)c1ccc(C(=O)NCCCN2CCCC2=O)cc1)C(F)(F)F. The summed E-state index contributed by atoms with van der Waals surface area (Å²) < 4.78 is 39.0. The number of para-hydroxylation sites is 1. The second-order valence-corrected chi connectivity index (χ2v) is 8.24. The highest BCUT2D eigenvalue weighted by atomic mass is 35.5. The first-order chi connectivity index (χ1) is 16.1. The standard InChI is InChI=1S/C24H24ClF3N4O2/c25-18-5-1-2-6-19(18)31-20(15-21(29)24(26,27)28)16-8-10-17(11-9-16)23(34)30-12-4-14-32-13-3-7-22(32)33/h1-2,5-6,8-11,29H,3-4,7,12-15H2,(H,30,34). The molecule has 0 atom stereocenters. The Hall–Kier alpha value is -3.20. The average molecular weight is 493 g/mol. The lowest BCUT2D eigenvalue weighted by Gasteiger charge is -2.15. The van der Waals surface area contributed by atoms with E-state index >= 15 is 0 Å². The molecule has 1 heterocycles. The van der Waals surface area contributed by atoms with Crippen molar-refractivity contribution in [3.05, 3.63) is 64.7 Å². The highest BCUT2D eigenvalue weighted by Gasteiger charge is 2.35. The average Bonchev–Trinajstić information content (AvgIpc) is 3.21. The van der Waals surface area contributed by atoms with Crippen molar-refractivity contribution < 1.29 is 22.8 Å². The van der Waals surface area contributed by atoms with Crippen LogP contribution in [0, 0.1) is 5.41 Å². The second kappa shape index (κ2) is 11.3. The van der Waals surface area contributed by atoms with Gasteiger partial charge < -0.3 is 15.6 Å². The Balaban J connectivity index is 1.69. The van der Waals surface area contributed by atoms with Gasteiger partial charge in [0.25, 0.3) is 5.91 Å². The number of amides is 2. The van der Waals surface area contributed by atoms with E-state index in [0.717, 1.165) is 13.0 Å². The molecule has 0 saturated carbocycles. The number of hydrogen-bond donors (Lipinski definition) is 2. The molecule has 2 aromatic carbocycles. The van der Waals surface area contributed by atoms with Gasteiger partial charge in [-0.25, -0.2) is 0 Å². The number of rotatable bonds is 9. The van der Waals surface area contributed by atoms with E-state index in [1.165, 1.54) is 24.3 Å². The molecule has 180 valence electrons. The van der Waals surface area contributed by atoms with Crippen LogP contribution in [0.5, 0.6) is 0 Å². The molecule has 1 fully saturated rings. The molecular weight excluding hydrogens is 469 g/mol. The minimum Gasteiger partial charge on any atom is -0.352 e. The van der Waals surface area contributed by atoms with Crippen molar-refractivity contribution in [1.82, 2.24) is 10.2 Å². The van der Waals surface area contributed by atoms with Gasteiger partial charge in [-0.2, -0.15) is 13.2 Å². The monoisotopic (exact) mass is 492 g/mol. The second-order valence-electron chi connectivity index (χ2n) is 7.83. The van der Waals surface area contributed by atoms with Crippen molar-refractivity contribution in [2.75, 3.05) is 19.6 Å². The fraction of sp³-hybridized carbons (Fsp3) is 0.333. The highest BCUT2D eigenvalue weighted by Crippen LogP contribution is 2.27. The third-order valence-electron chi connectivity index (χ3n) is 5.34. The number of alkyl halides is 3. The van der Waals surface area contributed by atoms with Crippen molar-refractivity contribution in [2.45, 2.75) is 31.9 Å². The fourth-order valence-corrected chi connectivity index (χ4v) is 3.67. The van der Waals surface area contributed by atoms with E-state index < -0.39 is 18.3 Å². The van der Waals surface area contributed by atoms with Crippen LogP contribution in [-0.2, 0) is 4.79 Å². The molecule has 0 aromatic heterocycles. The minimum atomic E-state index is -4.78. The molecule has 1 aliphatic heterocycles.